The molecule has 0 aliphatic rings. The van der Waals surface area contributed by atoms with Crippen LogP contribution in [-0.2, 0) is 0 Å². The molecule has 0 spiro atoms. The standard InChI is InChI=1S/C6H10/c1-3-5-6-4-2/h1,5-6H,3-4H2,2H3. The van der Waals surface area contributed by atoms with Crippen LogP contribution in [0.5, 0.6) is 0 Å². The average molecular weight is 82.1 g/mol. The molecule has 0 nitrogen and oxygen atoms in total. The summed E-state index contributed by atoms with van der Waals surface area (Å²) in [6, 6.07) is 0. The number of rotatable bonds is 2. The Morgan fingerprint density at radius 2 is 2.17 bits per heavy atom. The summed E-state index contributed by atoms with van der Waals surface area (Å²) in [5.74, 6) is 0. The highest BCUT2D eigenvalue weighted by molar-refractivity contribution is 4.80. The minimum atomic E-state index is 0.674. The molecule has 0 unspecified atom stereocenters. The lowest BCUT2D eigenvalue weighted by Gasteiger charge is -1.72. The van der Waals surface area contributed by atoms with Gasteiger partial charge in [-0.05, 0) is 19.8 Å². The lowest BCUT2D eigenvalue weighted by molar-refractivity contribution is 1.20. The molecule has 0 aliphatic carbocycles. The van der Waals surface area contributed by atoms with Gasteiger partial charge in [-0.15, -0.1) is 0 Å². The summed E-state index contributed by atoms with van der Waals surface area (Å²) in [5.41, 5.74) is 0. The summed E-state index contributed by atoms with van der Waals surface area (Å²) in [7, 11) is 0. The monoisotopic (exact) mass is 82.1 g/mol. The van der Waals surface area contributed by atoms with Crippen molar-refractivity contribution >= 4 is 0 Å². The van der Waals surface area contributed by atoms with E-state index in [0.717, 1.165) is 6.42 Å². The summed E-state index contributed by atoms with van der Waals surface area (Å²) in [5, 5.41) is 0. The van der Waals surface area contributed by atoms with Gasteiger partial charge in [-0.25, -0.2) is 0 Å². The Hall–Kier alpha value is -0.260. The molecule has 0 heterocycles. The summed E-state index contributed by atoms with van der Waals surface area (Å²) in [6.07, 6.45) is 5.78. The zero-order valence-electron chi connectivity index (χ0n) is 4.15. The van der Waals surface area contributed by atoms with Gasteiger partial charge in [-0.1, -0.05) is 19.1 Å². The van der Waals surface area contributed by atoms with Crippen molar-refractivity contribution in [2.75, 3.05) is 0 Å². The van der Waals surface area contributed by atoms with Crippen molar-refractivity contribution in [3.05, 3.63) is 19.1 Å². The van der Waals surface area contributed by atoms with E-state index in [2.05, 4.69) is 13.0 Å². The van der Waals surface area contributed by atoms with Gasteiger partial charge in [0.05, 0.1) is 0 Å². The molecule has 0 fully saturated rings. The fourth-order valence-corrected chi connectivity index (χ4v) is 0.263. The van der Waals surface area contributed by atoms with Crippen LogP contribution >= 0.6 is 0 Å². The van der Waals surface area contributed by atoms with E-state index in [9.17, 15) is 0 Å². The Morgan fingerprint density at radius 1 is 1.50 bits per heavy atom. The molecule has 0 saturated carbocycles. The molecular formula is C6H10. The van der Waals surface area contributed by atoms with Gasteiger partial charge in [0.15, 0.2) is 0 Å². The van der Waals surface area contributed by atoms with Crippen molar-refractivity contribution in [3.63, 3.8) is 0 Å². The maximum Gasteiger partial charge on any atom is -0.0311 e. The SMILES string of the molecule is [CH]CC=CCC. The first-order valence-corrected chi connectivity index (χ1v) is 2.27. The van der Waals surface area contributed by atoms with E-state index < -0.39 is 0 Å². The fraction of sp³-hybridized carbons (Fsp3) is 0.500. The second kappa shape index (κ2) is 4.74. The third-order valence-electron chi connectivity index (χ3n) is 0.538. The molecule has 0 aliphatic heterocycles. The van der Waals surface area contributed by atoms with E-state index in [0.29, 0.717) is 6.42 Å². The number of allylic oxidation sites excluding steroid dienone is 2. The van der Waals surface area contributed by atoms with Crippen LogP contribution in [0.1, 0.15) is 19.8 Å². The Labute approximate surface area is 39.9 Å². The molecular weight excluding hydrogens is 72.1 g/mol. The van der Waals surface area contributed by atoms with Gasteiger partial charge in [0.25, 0.3) is 0 Å². The summed E-state index contributed by atoms with van der Waals surface area (Å²) in [4.78, 5) is 0. The fourth-order valence-electron chi connectivity index (χ4n) is 0.263. The van der Waals surface area contributed by atoms with Gasteiger partial charge in [-0.2, -0.15) is 0 Å². The van der Waals surface area contributed by atoms with E-state index in [-0.39, 0.29) is 0 Å². The van der Waals surface area contributed by atoms with Crippen LogP contribution in [0.15, 0.2) is 12.2 Å². The quantitative estimate of drug-likeness (QED) is 0.447. The van der Waals surface area contributed by atoms with Crippen LogP contribution in [0.25, 0.3) is 0 Å². The number of hydrogen-bond donors (Lipinski definition) is 0. The Bertz CT molecular complexity index is 29.3. The van der Waals surface area contributed by atoms with E-state index >= 15 is 0 Å². The van der Waals surface area contributed by atoms with Crippen LogP contribution in [0.2, 0.25) is 0 Å². The molecule has 2 radical (unpaired) electrons. The summed E-state index contributed by atoms with van der Waals surface area (Å²) >= 11 is 0. The van der Waals surface area contributed by atoms with Gasteiger partial charge in [0, 0.05) is 0 Å². The van der Waals surface area contributed by atoms with Crippen molar-refractivity contribution in [2.45, 2.75) is 19.8 Å². The molecule has 0 atom stereocenters. The lowest BCUT2D eigenvalue weighted by Crippen LogP contribution is -1.51. The molecule has 0 aromatic rings. The first-order valence-electron chi connectivity index (χ1n) is 2.27. The molecule has 0 aromatic carbocycles. The van der Waals surface area contributed by atoms with E-state index in [4.69, 9.17) is 6.92 Å². The zero-order valence-corrected chi connectivity index (χ0v) is 4.15. The van der Waals surface area contributed by atoms with Crippen LogP contribution in [0.4, 0.5) is 0 Å². The lowest BCUT2D eigenvalue weighted by atomic mass is 10.4. The topological polar surface area (TPSA) is 0 Å². The zero-order chi connectivity index (χ0) is 4.83. The van der Waals surface area contributed by atoms with E-state index in [1.54, 1.807) is 0 Å². The average Bonchev–Trinajstić information content (AvgIpc) is 1.61. The van der Waals surface area contributed by atoms with Crippen LogP contribution in [0.3, 0.4) is 0 Å². The van der Waals surface area contributed by atoms with Crippen molar-refractivity contribution in [2.24, 2.45) is 0 Å². The second-order valence-corrected chi connectivity index (χ2v) is 1.12. The Morgan fingerprint density at radius 3 is 2.33 bits per heavy atom. The third-order valence-corrected chi connectivity index (χ3v) is 0.538. The minimum absolute atomic E-state index is 0.674. The van der Waals surface area contributed by atoms with Crippen molar-refractivity contribution in [3.8, 4) is 0 Å². The molecule has 0 N–H and O–H groups in total. The smallest absolute Gasteiger partial charge is 0.0311 e. The van der Waals surface area contributed by atoms with Crippen LogP contribution in [0, 0.1) is 6.92 Å². The normalized spacial score (nSPS) is 10.3. The first kappa shape index (κ1) is 5.74. The maximum atomic E-state index is 5.13. The predicted octanol–water partition coefficient (Wildman–Crippen LogP) is 2.05. The van der Waals surface area contributed by atoms with Gasteiger partial charge >= 0.3 is 0 Å². The second-order valence-electron chi connectivity index (χ2n) is 1.12. The molecule has 0 bridgehead atoms. The van der Waals surface area contributed by atoms with E-state index in [1.165, 1.54) is 0 Å². The predicted molar refractivity (Wildman–Crippen MR) is 28.3 cm³/mol. The minimum Gasteiger partial charge on any atom is -0.0888 e. The molecule has 0 heteroatoms. The molecule has 0 rings (SSSR count). The highest BCUT2D eigenvalue weighted by atomic mass is 13.7. The van der Waals surface area contributed by atoms with Gasteiger partial charge in [0.2, 0.25) is 0 Å². The molecule has 6 heavy (non-hydrogen) atoms. The van der Waals surface area contributed by atoms with Gasteiger partial charge in [-0.3, -0.25) is 0 Å². The van der Waals surface area contributed by atoms with Crippen molar-refractivity contribution in [1.82, 2.24) is 0 Å². The molecule has 0 saturated heterocycles. The third kappa shape index (κ3) is 3.74. The van der Waals surface area contributed by atoms with E-state index in [1.807, 2.05) is 6.08 Å². The highest BCUT2D eigenvalue weighted by Crippen LogP contribution is 1.80. The van der Waals surface area contributed by atoms with Crippen molar-refractivity contribution < 1.29 is 0 Å². The largest absolute Gasteiger partial charge is 0.0888 e. The molecule has 0 amide bonds. The van der Waals surface area contributed by atoms with Crippen molar-refractivity contribution in [1.29, 1.82) is 0 Å². The van der Waals surface area contributed by atoms with Crippen LogP contribution in [-0.4, -0.2) is 0 Å². The Balaban J connectivity index is 2.73. The van der Waals surface area contributed by atoms with Gasteiger partial charge in [0.1, 0.15) is 0 Å². The summed E-state index contributed by atoms with van der Waals surface area (Å²) < 4.78 is 0. The molecule has 0 aromatic heterocycles. The Kier molecular flexibility index (Phi) is 4.53. The summed E-state index contributed by atoms with van der Waals surface area (Å²) in [6.45, 7) is 7.22. The maximum absolute atomic E-state index is 5.13. The number of hydrogen-bond acceptors (Lipinski definition) is 0. The highest BCUT2D eigenvalue weighted by Gasteiger charge is 1.60. The van der Waals surface area contributed by atoms with Gasteiger partial charge < -0.3 is 0 Å². The van der Waals surface area contributed by atoms with Crippen LogP contribution < -0.4 is 0 Å². The first-order chi connectivity index (χ1) is 2.91. The molecule has 34 valence electrons.